The lowest BCUT2D eigenvalue weighted by Crippen LogP contribution is -2.40. The number of hydrogen-bond donors (Lipinski definition) is 1. The smallest absolute Gasteiger partial charge is 0.291 e. The number of likely N-dealkylation sites (N-methyl/N-ethyl adjacent to an activating group) is 1. The predicted molar refractivity (Wildman–Crippen MR) is 117 cm³/mol. The van der Waals surface area contributed by atoms with Crippen molar-refractivity contribution in [2.45, 2.75) is 39.0 Å². The standard InChI is InChI=1S/C22H31N3O3S/c1-16-14-19(23-21(26)18-10-7-13-28-18)29-20(16)22(27)25(12-11-24(2)3)15-17-8-5-4-6-9-17/h7,10,13-14,17H,4-6,8-9,11-12,15H2,1-3H3,(H,23,26). The van der Waals surface area contributed by atoms with Crippen LogP contribution in [0, 0.1) is 12.8 Å². The molecule has 1 aliphatic rings. The van der Waals surface area contributed by atoms with Crippen molar-refractivity contribution in [1.29, 1.82) is 0 Å². The van der Waals surface area contributed by atoms with Gasteiger partial charge in [-0.1, -0.05) is 19.3 Å². The fourth-order valence-electron chi connectivity index (χ4n) is 3.76. The van der Waals surface area contributed by atoms with Crippen LogP contribution in [0.1, 0.15) is 57.9 Å². The van der Waals surface area contributed by atoms with Crippen molar-refractivity contribution in [3.63, 3.8) is 0 Å². The first kappa shape index (κ1) is 21.6. The van der Waals surface area contributed by atoms with Crippen molar-refractivity contribution in [1.82, 2.24) is 9.80 Å². The molecule has 0 radical (unpaired) electrons. The number of hydrogen-bond acceptors (Lipinski definition) is 5. The van der Waals surface area contributed by atoms with Gasteiger partial charge in [-0.05, 0) is 63.5 Å². The molecular formula is C22H31N3O3S. The second-order valence-corrected chi connectivity index (χ2v) is 9.16. The highest BCUT2D eigenvalue weighted by molar-refractivity contribution is 7.18. The highest BCUT2D eigenvalue weighted by Crippen LogP contribution is 2.30. The van der Waals surface area contributed by atoms with Gasteiger partial charge in [-0.2, -0.15) is 0 Å². The predicted octanol–water partition coefficient (Wildman–Crippen LogP) is 4.49. The van der Waals surface area contributed by atoms with E-state index in [-0.39, 0.29) is 17.6 Å². The molecule has 0 unspecified atom stereocenters. The summed E-state index contributed by atoms with van der Waals surface area (Å²) < 4.78 is 5.14. The molecule has 6 nitrogen and oxygen atoms in total. The molecule has 2 aromatic rings. The van der Waals surface area contributed by atoms with Gasteiger partial charge >= 0.3 is 0 Å². The van der Waals surface area contributed by atoms with Gasteiger partial charge in [0, 0.05) is 19.6 Å². The summed E-state index contributed by atoms with van der Waals surface area (Å²) in [6.07, 6.45) is 7.73. The molecule has 2 amide bonds. The summed E-state index contributed by atoms with van der Waals surface area (Å²) in [5.41, 5.74) is 0.897. The van der Waals surface area contributed by atoms with Gasteiger partial charge in [0.25, 0.3) is 11.8 Å². The van der Waals surface area contributed by atoms with Gasteiger partial charge in [0.05, 0.1) is 16.1 Å². The van der Waals surface area contributed by atoms with Crippen LogP contribution in [0.25, 0.3) is 0 Å². The number of nitrogens with one attached hydrogen (secondary N) is 1. The maximum Gasteiger partial charge on any atom is 0.291 e. The van der Waals surface area contributed by atoms with Crippen molar-refractivity contribution in [2.75, 3.05) is 39.0 Å². The molecule has 0 bridgehead atoms. The van der Waals surface area contributed by atoms with Crippen molar-refractivity contribution < 1.29 is 14.0 Å². The number of nitrogens with zero attached hydrogens (tertiary/aromatic N) is 2. The quantitative estimate of drug-likeness (QED) is 0.687. The second kappa shape index (κ2) is 10.1. The SMILES string of the molecule is Cc1cc(NC(=O)c2ccco2)sc1C(=O)N(CCN(C)C)CC1CCCCC1. The maximum atomic E-state index is 13.4. The van der Waals surface area contributed by atoms with Crippen LogP contribution in [0.3, 0.4) is 0 Å². The monoisotopic (exact) mass is 417 g/mol. The van der Waals surface area contributed by atoms with E-state index in [0.29, 0.717) is 22.3 Å². The molecule has 3 rings (SSSR count). The summed E-state index contributed by atoms with van der Waals surface area (Å²) in [6, 6.07) is 5.16. The first-order valence-corrected chi connectivity index (χ1v) is 11.1. The van der Waals surface area contributed by atoms with Crippen molar-refractivity contribution >= 4 is 28.2 Å². The number of carbonyl (C=O) groups is 2. The van der Waals surface area contributed by atoms with E-state index in [1.54, 1.807) is 12.1 Å². The normalized spacial score (nSPS) is 14.9. The Morgan fingerprint density at radius 3 is 2.62 bits per heavy atom. The van der Waals surface area contributed by atoms with E-state index in [1.807, 2.05) is 32.0 Å². The molecular weight excluding hydrogens is 386 g/mol. The van der Waals surface area contributed by atoms with Crippen LogP contribution >= 0.6 is 11.3 Å². The van der Waals surface area contributed by atoms with E-state index in [2.05, 4.69) is 10.2 Å². The zero-order valence-electron chi connectivity index (χ0n) is 17.6. The minimum absolute atomic E-state index is 0.0680. The number of anilines is 1. The van der Waals surface area contributed by atoms with Gasteiger partial charge in [-0.15, -0.1) is 11.3 Å². The molecule has 1 fully saturated rings. The van der Waals surface area contributed by atoms with E-state index in [9.17, 15) is 9.59 Å². The van der Waals surface area contributed by atoms with Crippen LogP contribution in [0.4, 0.5) is 5.00 Å². The van der Waals surface area contributed by atoms with Crippen molar-refractivity contribution in [3.05, 3.63) is 40.7 Å². The second-order valence-electron chi connectivity index (χ2n) is 8.11. The largest absolute Gasteiger partial charge is 0.459 e. The molecule has 1 saturated carbocycles. The van der Waals surface area contributed by atoms with Crippen molar-refractivity contribution in [2.24, 2.45) is 5.92 Å². The Labute approximate surface area is 176 Å². The molecule has 0 saturated heterocycles. The zero-order chi connectivity index (χ0) is 20.8. The number of thiophene rings is 1. The Hall–Kier alpha value is -2.12. The first-order valence-electron chi connectivity index (χ1n) is 10.3. The molecule has 29 heavy (non-hydrogen) atoms. The number of furan rings is 1. The molecule has 0 aromatic carbocycles. The minimum atomic E-state index is -0.304. The van der Waals surface area contributed by atoms with Gasteiger partial charge in [-0.3, -0.25) is 9.59 Å². The minimum Gasteiger partial charge on any atom is -0.459 e. The summed E-state index contributed by atoms with van der Waals surface area (Å²) in [7, 11) is 4.06. The van der Waals surface area contributed by atoms with Crippen molar-refractivity contribution in [3.8, 4) is 0 Å². The van der Waals surface area contributed by atoms with Gasteiger partial charge in [-0.25, -0.2) is 0 Å². The third-order valence-corrected chi connectivity index (χ3v) is 6.54. The highest BCUT2D eigenvalue weighted by Gasteiger charge is 2.25. The lowest BCUT2D eigenvalue weighted by atomic mass is 9.89. The Kier molecular flexibility index (Phi) is 7.50. The summed E-state index contributed by atoms with van der Waals surface area (Å²) in [5.74, 6) is 0.613. The van der Waals surface area contributed by atoms with Gasteiger partial charge < -0.3 is 19.5 Å². The topological polar surface area (TPSA) is 65.8 Å². The van der Waals surface area contributed by atoms with Gasteiger partial charge in [0.15, 0.2) is 5.76 Å². The van der Waals surface area contributed by atoms with Crippen LogP contribution < -0.4 is 5.32 Å². The lowest BCUT2D eigenvalue weighted by molar-refractivity contribution is 0.0705. The molecule has 0 aliphatic heterocycles. The zero-order valence-corrected chi connectivity index (χ0v) is 18.4. The molecule has 0 atom stereocenters. The summed E-state index contributed by atoms with van der Waals surface area (Å²) in [6.45, 7) is 4.30. The Bertz CT molecular complexity index is 807. The summed E-state index contributed by atoms with van der Waals surface area (Å²) in [4.78, 5) is 30.4. The Morgan fingerprint density at radius 1 is 1.21 bits per heavy atom. The van der Waals surface area contributed by atoms with E-state index in [0.717, 1.165) is 18.7 Å². The number of aryl methyl sites for hydroxylation is 1. The summed E-state index contributed by atoms with van der Waals surface area (Å²) >= 11 is 1.34. The van der Waals surface area contributed by atoms with E-state index in [4.69, 9.17) is 4.42 Å². The number of amides is 2. The number of rotatable bonds is 8. The van der Waals surface area contributed by atoms with Crippen LogP contribution in [0.15, 0.2) is 28.9 Å². The Morgan fingerprint density at radius 2 is 1.97 bits per heavy atom. The first-order chi connectivity index (χ1) is 13.9. The number of carbonyl (C=O) groups excluding carboxylic acids is 2. The molecule has 2 heterocycles. The third kappa shape index (κ3) is 5.93. The lowest BCUT2D eigenvalue weighted by Gasteiger charge is -2.30. The molecule has 7 heteroatoms. The van der Waals surface area contributed by atoms with Gasteiger partial charge in [0.2, 0.25) is 0 Å². The molecule has 1 N–H and O–H groups in total. The highest BCUT2D eigenvalue weighted by atomic mass is 32.1. The van der Waals surface area contributed by atoms with E-state index >= 15 is 0 Å². The fourth-order valence-corrected chi connectivity index (χ4v) is 4.79. The maximum absolute atomic E-state index is 13.4. The van der Waals surface area contributed by atoms with Crippen LogP contribution in [0.5, 0.6) is 0 Å². The van der Waals surface area contributed by atoms with E-state index < -0.39 is 0 Å². The fraction of sp³-hybridized carbons (Fsp3) is 0.545. The molecule has 1 aliphatic carbocycles. The third-order valence-electron chi connectivity index (χ3n) is 5.40. The average Bonchev–Trinajstić information content (AvgIpc) is 3.35. The van der Waals surface area contributed by atoms with Crippen LogP contribution in [0.2, 0.25) is 0 Å². The van der Waals surface area contributed by atoms with Crippen LogP contribution in [-0.2, 0) is 0 Å². The molecule has 158 valence electrons. The summed E-state index contributed by atoms with van der Waals surface area (Å²) in [5, 5.41) is 3.50. The van der Waals surface area contributed by atoms with Crippen LogP contribution in [-0.4, -0.2) is 55.3 Å². The molecule has 2 aromatic heterocycles. The average molecular weight is 418 g/mol. The van der Waals surface area contributed by atoms with Gasteiger partial charge in [0.1, 0.15) is 0 Å². The Balaban J connectivity index is 1.71. The molecule has 0 spiro atoms. The van der Waals surface area contributed by atoms with E-state index in [1.165, 1.54) is 49.7 Å².